The Hall–Kier alpha value is -3.10. The number of amides is 1. The highest BCUT2D eigenvalue weighted by Crippen LogP contribution is 2.13. The monoisotopic (exact) mass is 421 g/mol. The zero-order valence-corrected chi connectivity index (χ0v) is 17.8. The van der Waals surface area contributed by atoms with Crippen LogP contribution >= 0.6 is 0 Å². The van der Waals surface area contributed by atoms with Crippen molar-refractivity contribution in [2.75, 3.05) is 13.7 Å². The number of ether oxygens (including phenoxy) is 1. The molecule has 30 heavy (non-hydrogen) atoms. The molecule has 0 spiro atoms. The molecule has 0 radical (unpaired) electrons. The molecule has 2 N–H and O–H groups in total. The van der Waals surface area contributed by atoms with E-state index >= 15 is 0 Å². The van der Waals surface area contributed by atoms with Crippen molar-refractivity contribution < 1.29 is 29.1 Å². The van der Waals surface area contributed by atoms with Crippen LogP contribution in [0.5, 0.6) is 0 Å². The molecule has 0 aliphatic rings. The van der Waals surface area contributed by atoms with Crippen molar-refractivity contribution in [2.24, 2.45) is 0 Å². The van der Waals surface area contributed by atoms with Crippen molar-refractivity contribution >= 4 is 24.0 Å². The van der Waals surface area contributed by atoms with Gasteiger partial charge in [-0.1, -0.05) is 62.1 Å². The van der Waals surface area contributed by atoms with Crippen LogP contribution < -0.4 is 0 Å². The number of rotatable bonds is 10. The highest BCUT2D eigenvalue weighted by molar-refractivity contribution is 5.94. The minimum absolute atomic E-state index is 0.0171. The van der Waals surface area contributed by atoms with Crippen LogP contribution in [0.2, 0.25) is 0 Å². The molecule has 0 heterocycles. The Morgan fingerprint density at radius 1 is 1.13 bits per heavy atom. The number of aryl methyl sites for hydroxylation is 1. The second kappa shape index (κ2) is 13.2. The van der Waals surface area contributed by atoms with Crippen molar-refractivity contribution in [3.8, 4) is 0 Å². The molecule has 0 aliphatic heterocycles. The number of carboxylic acids is 1. The van der Waals surface area contributed by atoms with Gasteiger partial charge in [0.15, 0.2) is 0 Å². The largest absolute Gasteiger partial charge is 0.480 e. The number of aliphatic carboxylic acids is 1. The average Bonchev–Trinajstić information content (AvgIpc) is 2.74. The normalized spacial score (nSPS) is 11.3. The predicted molar refractivity (Wildman–Crippen MR) is 111 cm³/mol. The van der Waals surface area contributed by atoms with Crippen LogP contribution in [-0.4, -0.2) is 58.8 Å². The van der Waals surface area contributed by atoms with Crippen molar-refractivity contribution in [1.29, 1.82) is 5.41 Å². The Morgan fingerprint density at radius 3 is 2.37 bits per heavy atom. The average molecular weight is 421 g/mol. The number of unbranched alkanes of at least 4 members (excludes halogenated alkanes) is 1. The highest BCUT2D eigenvalue weighted by Gasteiger charge is 2.33. The molecule has 1 aromatic carbocycles. The second-order valence-electron chi connectivity index (χ2n) is 6.79. The van der Waals surface area contributed by atoms with E-state index in [1.165, 1.54) is 7.05 Å². The maximum Gasteiger partial charge on any atom is 0.451 e. The molecule has 1 aromatic rings. The number of nitrogens with one attached hydrogen (secondary N) is 1. The summed E-state index contributed by atoms with van der Waals surface area (Å²) in [6.45, 7) is 3.80. The van der Waals surface area contributed by atoms with Gasteiger partial charge in [0, 0.05) is 7.05 Å². The quantitative estimate of drug-likeness (QED) is 0.337. The molecule has 166 valence electrons. The van der Waals surface area contributed by atoms with E-state index in [0.29, 0.717) is 24.3 Å². The molecule has 0 aromatic heterocycles. The van der Waals surface area contributed by atoms with E-state index in [1.54, 1.807) is 6.92 Å². The first-order valence-electron chi connectivity index (χ1n) is 10.1. The zero-order valence-electron chi connectivity index (χ0n) is 17.8. The topological polar surface area (TPSA) is 120 Å². The van der Waals surface area contributed by atoms with Crippen molar-refractivity contribution in [3.63, 3.8) is 0 Å². The third kappa shape index (κ3) is 8.10. The van der Waals surface area contributed by atoms with Gasteiger partial charge in [-0.3, -0.25) is 5.41 Å². The fourth-order valence-electron chi connectivity index (χ4n) is 2.62. The van der Waals surface area contributed by atoms with Gasteiger partial charge in [-0.25, -0.2) is 14.4 Å². The maximum absolute atomic E-state index is 12.4. The Morgan fingerprint density at radius 2 is 1.80 bits per heavy atom. The summed E-state index contributed by atoms with van der Waals surface area (Å²) in [5.41, 5.74) is 0.923. The van der Waals surface area contributed by atoms with Gasteiger partial charge in [-0.2, -0.15) is 0 Å². The van der Waals surface area contributed by atoms with Gasteiger partial charge in [0.05, 0.1) is 13.0 Å². The summed E-state index contributed by atoms with van der Waals surface area (Å²) >= 11 is 0. The molecule has 1 amide bonds. The number of guanidine groups is 1. The number of hydrogen-bond acceptors (Lipinski definition) is 6. The van der Waals surface area contributed by atoms with Crippen LogP contribution in [0.15, 0.2) is 30.3 Å². The standard InChI is InChI=1S/C21H31N3O6/c1-4-6-12-17(19(26)27)23(3)20(22)24(21(28)29-15-5-2)30-18(25)14-13-16-10-8-7-9-11-16/h7-11,17,22H,4-6,12-15H2,1-3H3,(H,26,27). The zero-order chi connectivity index (χ0) is 22.5. The summed E-state index contributed by atoms with van der Waals surface area (Å²) in [6, 6.07) is 8.25. The summed E-state index contributed by atoms with van der Waals surface area (Å²) in [6.07, 6.45) is 1.57. The summed E-state index contributed by atoms with van der Waals surface area (Å²) in [5, 5.41) is 18.2. The smallest absolute Gasteiger partial charge is 0.451 e. The fourth-order valence-corrected chi connectivity index (χ4v) is 2.62. The Kier molecular flexibility index (Phi) is 11.0. The minimum atomic E-state index is -1.13. The summed E-state index contributed by atoms with van der Waals surface area (Å²) < 4.78 is 5.00. The second-order valence-corrected chi connectivity index (χ2v) is 6.79. The van der Waals surface area contributed by atoms with E-state index in [4.69, 9.17) is 15.0 Å². The highest BCUT2D eigenvalue weighted by atomic mass is 16.8. The number of nitrogens with zero attached hydrogens (tertiary/aromatic N) is 2. The van der Waals surface area contributed by atoms with E-state index in [2.05, 4.69) is 0 Å². The third-order valence-corrected chi connectivity index (χ3v) is 4.36. The number of carboxylic acid groups (broad SMARTS) is 1. The Balaban J connectivity index is 2.89. The van der Waals surface area contributed by atoms with E-state index in [-0.39, 0.29) is 19.4 Å². The third-order valence-electron chi connectivity index (χ3n) is 4.36. The maximum atomic E-state index is 12.4. The van der Waals surface area contributed by atoms with Gasteiger partial charge in [0.1, 0.15) is 6.04 Å². The molecule has 1 atom stereocenters. The molecule has 9 nitrogen and oxygen atoms in total. The van der Waals surface area contributed by atoms with Crippen LogP contribution in [0, 0.1) is 5.41 Å². The fraction of sp³-hybridized carbons (Fsp3) is 0.524. The van der Waals surface area contributed by atoms with Crippen molar-refractivity contribution in [2.45, 2.75) is 58.4 Å². The minimum Gasteiger partial charge on any atom is -0.480 e. The van der Waals surface area contributed by atoms with E-state index in [0.717, 1.165) is 16.9 Å². The number of hydroxylamine groups is 2. The van der Waals surface area contributed by atoms with Gasteiger partial charge in [-0.15, -0.1) is 0 Å². The number of carbonyl (C=O) groups is 3. The van der Waals surface area contributed by atoms with Gasteiger partial charge < -0.3 is 19.6 Å². The number of carbonyl (C=O) groups excluding carboxylic acids is 2. The molecule has 1 unspecified atom stereocenters. The van der Waals surface area contributed by atoms with Gasteiger partial charge >= 0.3 is 18.0 Å². The van der Waals surface area contributed by atoms with Gasteiger partial charge in [0.2, 0.25) is 5.96 Å². The first kappa shape index (κ1) is 24.9. The summed E-state index contributed by atoms with van der Waals surface area (Å²) in [4.78, 5) is 42.5. The predicted octanol–water partition coefficient (Wildman–Crippen LogP) is 3.44. The van der Waals surface area contributed by atoms with E-state index in [9.17, 15) is 19.5 Å². The van der Waals surface area contributed by atoms with Gasteiger partial charge in [0.25, 0.3) is 0 Å². The summed E-state index contributed by atoms with van der Waals surface area (Å²) in [5.74, 6) is -2.44. The van der Waals surface area contributed by atoms with E-state index < -0.39 is 30.0 Å². The Bertz CT molecular complexity index is 710. The van der Waals surface area contributed by atoms with Crippen LogP contribution in [0.3, 0.4) is 0 Å². The SMILES string of the molecule is CCCCC(C(=O)O)N(C)C(=N)N(OC(=O)CCc1ccccc1)C(=O)OCCC. The molecule has 0 aliphatic carbocycles. The Labute approximate surface area is 177 Å². The molecule has 0 fully saturated rings. The molecule has 1 rings (SSSR count). The summed E-state index contributed by atoms with van der Waals surface area (Å²) in [7, 11) is 1.37. The first-order valence-corrected chi connectivity index (χ1v) is 10.1. The van der Waals surface area contributed by atoms with Crippen molar-refractivity contribution in [1.82, 2.24) is 9.96 Å². The lowest BCUT2D eigenvalue weighted by molar-refractivity contribution is -0.169. The molecule has 0 bridgehead atoms. The van der Waals surface area contributed by atoms with Gasteiger partial charge in [-0.05, 0) is 24.8 Å². The van der Waals surface area contributed by atoms with Crippen LogP contribution in [0.25, 0.3) is 0 Å². The van der Waals surface area contributed by atoms with Crippen LogP contribution in [0.4, 0.5) is 4.79 Å². The first-order chi connectivity index (χ1) is 14.3. The number of benzene rings is 1. The molecule has 0 saturated heterocycles. The number of likely N-dealkylation sites (N-methyl/N-ethyl adjacent to an activating group) is 1. The lowest BCUT2D eigenvalue weighted by Gasteiger charge is -2.31. The number of hydrogen-bond donors (Lipinski definition) is 2. The van der Waals surface area contributed by atoms with Crippen LogP contribution in [-0.2, 0) is 25.6 Å². The molecule has 9 heteroatoms. The van der Waals surface area contributed by atoms with Crippen LogP contribution in [0.1, 0.15) is 51.5 Å². The lowest BCUT2D eigenvalue weighted by Crippen LogP contribution is -2.52. The van der Waals surface area contributed by atoms with E-state index in [1.807, 2.05) is 37.3 Å². The van der Waals surface area contributed by atoms with Crippen molar-refractivity contribution in [3.05, 3.63) is 35.9 Å². The molecule has 0 saturated carbocycles. The lowest BCUT2D eigenvalue weighted by atomic mass is 10.1. The molecular formula is C21H31N3O6. The molecular weight excluding hydrogens is 390 g/mol.